The first-order chi connectivity index (χ1) is 10.5. The molecule has 22 heavy (non-hydrogen) atoms. The highest BCUT2D eigenvalue weighted by atomic mass is 32.2. The molecule has 1 atom stereocenters. The smallest absolute Gasteiger partial charge is 0.250 e. The van der Waals surface area contributed by atoms with Crippen LogP contribution in [0.1, 0.15) is 17.3 Å². The van der Waals surface area contributed by atoms with Gasteiger partial charge in [-0.15, -0.1) is 11.8 Å². The molecule has 2 aromatic carbocycles. The minimum atomic E-state index is -0.574. The lowest BCUT2D eigenvalue weighted by atomic mass is 10.1. The van der Waals surface area contributed by atoms with Crippen LogP contribution in [0.4, 0.5) is 11.4 Å². The minimum Gasteiger partial charge on any atom is -0.399 e. The van der Waals surface area contributed by atoms with Crippen LogP contribution in [0.15, 0.2) is 53.4 Å². The molecule has 0 saturated carbocycles. The molecular weight excluding hydrogens is 298 g/mol. The first-order valence-electron chi connectivity index (χ1n) is 6.69. The van der Waals surface area contributed by atoms with E-state index in [-0.39, 0.29) is 11.2 Å². The highest BCUT2D eigenvalue weighted by Gasteiger charge is 2.17. The number of carbonyl (C=O) groups is 2. The number of carbonyl (C=O) groups excluding carboxylic acids is 2. The van der Waals surface area contributed by atoms with Crippen molar-refractivity contribution < 1.29 is 9.59 Å². The summed E-state index contributed by atoms with van der Waals surface area (Å²) in [6, 6.07) is 14.0. The Morgan fingerprint density at radius 1 is 1.09 bits per heavy atom. The van der Waals surface area contributed by atoms with Crippen molar-refractivity contribution in [3.63, 3.8) is 0 Å². The highest BCUT2D eigenvalue weighted by molar-refractivity contribution is 8.00. The van der Waals surface area contributed by atoms with Crippen molar-refractivity contribution in [2.24, 2.45) is 5.73 Å². The molecule has 2 amide bonds. The van der Waals surface area contributed by atoms with E-state index in [0.29, 0.717) is 16.9 Å². The molecule has 0 aliphatic heterocycles. The second-order valence-electron chi connectivity index (χ2n) is 4.73. The fourth-order valence-corrected chi connectivity index (χ4v) is 2.71. The van der Waals surface area contributed by atoms with Crippen LogP contribution in [0, 0.1) is 0 Å². The van der Waals surface area contributed by atoms with E-state index in [4.69, 9.17) is 11.5 Å². The molecule has 2 aromatic rings. The van der Waals surface area contributed by atoms with Crippen LogP contribution < -0.4 is 16.8 Å². The number of para-hydroxylation sites is 1. The summed E-state index contributed by atoms with van der Waals surface area (Å²) < 4.78 is 0. The van der Waals surface area contributed by atoms with E-state index in [1.807, 2.05) is 12.1 Å². The molecule has 0 aliphatic carbocycles. The summed E-state index contributed by atoms with van der Waals surface area (Å²) in [5.74, 6) is -0.773. The van der Waals surface area contributed by atoms with Crippen LogP contribution in [-0.4, -0.2) is 17.1 Å². The van der Waals surface area contributed by atoms with E-state index in [2.05, 4.69) is 5.32 Å². The van der Waals surface area contributed by atoms with Gasteiger partial charge in [-0.25, -0.2) is 0 Å². The Labute approximate surface area is 133 Å². The molecule has 0 bridgehead atoms. The third-order valence-electron chi connectivity index (χ3n) is 3.01. The van der Waals surface area contributed by atoms with Crippen LogP contribution in [0.2, 0.25) is 0 Å². The second kappa shape index (κ2) is 7.00. The number of nitrogens with two attached hydrogens (primary N) is 2. The van der Waals surface area contributed by atoms with Gasteiger partial charge < -0.3 is 16.8 Å². The largest absolute Gasteiger partial charge is 0.399 e. The van der Waals surface area contributed by atoms with Crippen molar-refractivity contribution in [2.75, 3.05) is 11.1 Å². The fourth-order valence-electron chi connectivity index (χ4n) is 1.85. The van der Waals surface area contributed by atoms with Crippen LogP contribution >= 0.6 is 11.8 Å². The average molecular weight is 315 g/mol. The summed E-state index contributed by atoms with van der Waals surface area (Å²) in [6.45, 7) is 1.79. The zero-order valence-electron chi connectivity index (χ0n) is 12.1. The summed E-state index contributed by atoms with van der Waals surface area (Å²) in [6.07, 6.45) is 0. The van der Waals surface area contributed by atoms with Crippen LogP contribution in [-0.2, 0) is 4.79 Å². The summed E-state index contributed by atoms with van der Waals surface area (Å²) in [7, 11) is 0. The van der Waals surface area contributed by atoms with E-state index < -0.39 is 5.91 Å². The van der Waals surface area contributed by atoms with Gasteiger partial charge in [0.1, 0.15) is 0 Å². The van der Waals surface area contributed by atoms with Gasteiger partial charge in [-0.3, -0.25) is 9.59 Å². The molecule has 0 aliphatic rings. The third-order valence-corrected chi connectivity index (χ3v) is 4.12. The van der Waals surface area contributed by atoms with E-state index in [0.717, 1.165) is 4.90 Å². The van der Waals surface area contributed by atoms with Crippen LogP contribution in [0.3, 0.4) is 0 Å². The summed E-state index contributed by atoms with van der Waals surface area (Å²) >= 11 is 1.41. The number of primary amides is 1. The van der Waals surface area contributed by atoms with Crippen LogP contribution in [0.25, 0.3) is 0 Å². The molecule has 0 aromatic heterocycles. The zero-order chi connectivity index (χ0) is 16.1. The maximum atomic E-state index is 12.2. The Bertz CT molecular complexity index is 686. The molecule has 0 heterocycles. The molecule has 2 rings (SSSR count). The normalized spacial score (nSPS) is 11.7. The number of thioether (sulfide) groups is 1. The zero-order valence-corrected chi connectivity index (χ0v) is 12.9. The molecule has 5 N–H and O–H groups in total. The van der Waals surface area contributed by atoms with Crippen molar-refractivity contribution in [3.05, 3.63) is 54.1 Å². The molecular formula is C16H17N3O2S. The van der Waals surface area contributed by atoms with Crippen molar-refractivity contribution in [2.45, 2.75) is 17.1 Å². The second-order valence-corrected chi connectivity index (χ2v) is 6.14. The number of hydrogen-bond donors (Lipinski definition) is 3. The van der Waals surface area contributed by atoms with Gasteiger partial charge >= 0.3 is 0 Å². The summed E-state index contributed by atoms with van der Waals surface area (Å²) in [4.78, 5) is 24.5. The minimum absolute atomic E-state index is 0.199. The Kier molecular flexibility index (Phi) is 5.06. The standard InChI is InChI=1S/C16H17N3O2S/c1-10(22-12-8-6-11(17)7-9-12)16(21)19-14-5-3-2-4-13(14)15(18)20/h2-10H,17H2,1H3,(H2,18,20)(H,19,21). The van der Waals surface area contributed by atoms with Gasteiger partial charge in [-0.05, 0) is 43.3 Å². The molecule has 5 nitrogen and oxygen atoms in total. The first-order valence-corrected chi connectivity index (χ1v) is 7.57. The number of hydrogen-bond acceptors (Lipinski definition) is 4. The molecule has 6 heteroatoms. The van der Waals surface area contributed by atoms with Gasteiger partial charge in [0, 0.05) is 10.6 Å². The number of nitrogen functional groups attached to an aromatic ring is 1. The Morgan fingerprint density at radius 3 is 2.36 bits per heavy atom. The Morgan fingerprint density at radius 2 is 1.73 bits per heavy atom. The Balaban J connectivity index is 2.05. The lowest BCUT2D eigenvalue weighted by Gasteiger charge is -2.13. The molecule has 0 spiro atoms. The van der Waals surface area contributed by atoms with Gasteiger partial charge in [-0.1, -0.05) is 12.1 Å². The molecule has 0 radical (unpaired) electrons. The predicted octanol–water partition coefficient (Wildman–Crippen LogP) is 2.49. The molecule has 114 valence electrons. The summed E-state index contributed by atoms with van der Waals surface area (Å²) in [5.41, 5.74) is 12.3. The maximum absolute atomic E-state index is 12.2. The van der Waals surface area contributed by atoms with Crippen molar-refractivity contribution in [1.29, 1.82) is 0 Å². The molecule has 1 unspecified atom stereocenters. The topological polar surface area (TPSA) is 98.2 Å². The van der Waals surface area contributed by atoms with E-state index in [1.54, 1.807) is 43.3 Å². The van der Waals surface area contributed by atoms with E-state index in [1.165, 1.54) is 11.8 Å². The van der Waals surface area contributed by atoms with Gasteiger partial charge in [0.05, 0.1) is 16.5 Å². The SMILES string of the molecule is CC(Sc1ccc(N)cc1)C(=O)Nc1ccccc1C(N)=O. The number of nitrogens with one attached hydrogen (secondary N) is 1. The van der Waals surface area contributed by atoms with Gasteiger partial charge in [0.2, 0.25) is 5.91 Å². The first kappa shape index (κ1) is 15.9. The average Bonchev–Trinajstić information content (AvgIpc) is 2.49. The Hall–Kier alpha value is -2.47. The van der Waals surface area contributed by atoms with Gasteiger partial charge in [-0.2, -0.15) is 0 Å². The number of rotatable bonds is 5. The quantitative estimate of drug-likeness (QED) is 0.583. The number of benzene rings is 2. The monoisotopic (exact) mass is 315 g/mol. The van der Waals surface area contributed by atoms with Crippen LogP contribution in [0.5, 0.6) is 0 Å². The molecule has 0 saturated heterocycles. The third kappa shape index (κ3) is 4.02. The van der Waals surface area contributed by atoms with E-state index >= 15 is 0 Å². The summed E-state index contributed by atoms with van der Waals surface area (Å²) in [5, 5.41) is 2.41. The van der Waals surface area contributed by atoms with Crippen molar-refractivity contribution >= 4 is 35.0 Å². The molecule has 0 fully saturated rings. The lowest BCUT2D eigenvalue weighted by Crippen LogP contribution is -2.24. The highest BCUT2D eigenvalue weighted by Crippen LogP contribution is 2.25. The number of anilines is 2. The lowest BCUT2D eigenvalue weighted by molar-refractivity contribution is -0.115. The maximum Gasteiger partial charge on any atom is 0.250 e. The van der Waals surface area contributed by atoms with Gasteiger partial charge in [0.25, 0.3) is 5.91 Å². The number of amides is 2. The fraction of sp³-hybridized carbons (Fsp3) is 0.125. The van der Waals surface area contributed by atoms with Gasteiger partial charge in [0.15, 0.2) is 0 Å². The van der Waals surface area contributed by atoms with Crippen molar-refractivity contribution in [1.82, 2.24) is 0 Å². The van der Waals surface area contributed by atoms with E-state index in [9.17, 15) is 9.59 Å². The van der Waals surface area contributed by atoms with Crippen molar-refractivity contribution in [3.8, 4) is 0 Å². The predicted molar refractivity (Wildman–Crippen MR) is 89.8 cm³/mol.